The minimum Gasteiger partial charge on any atom is -0.468 e. The van der Waals surface area contributed by atoms with E-state index >= 15 is 0 Å². The molecule has 1 aliphatic carbocycles. The van der Waals surface area contributed by atoms with Crippen LogP contribution < -0.4 is 15.8 Å². The monoisotopic (exact) mass is 499 g/mol. The average molecular weight is 500 g/mol. The van der Waals surface area contributed by atoms with Crippen molar-refractivity contribution in [1.29, 1.82) is 0 Å². The molecule has 0 fully saturated rings. The van der Waals surface area contributed by atoms with E-state index in [2.05, 4.69) is 15.3 Å². The number of aromatic nitrogens is 2. The molecule has 3 rings (SSSR count). The van der Waals surface area contributed by atoms with Gasteiger partial charge in [0.2, 0.25) is 5.88 Å². The van der Waals surface area contributed by atoms with Crippen molar-refractivity contribution in [3.8, 4) is 5.88 Å². The Kier molecular flexibility index (Phi) is 10.0. The fraction of sp³-hybridized carbons (Fsp3) is 0.417. The number of halogens is 3. The molecule has 0 aliphatic heterocycles. The van der Waals surface area contributed by atoms with Crippen molar-refractivity contribution in [2.24, 2.45) is 0 Å². The molecule has 11 heteroatoms. The lowest BCUT2D eigenvalue weighted by Crippen LogP contribution is -2.28. The highest BCUT2D eigenvalue weighted by Crippen LogP contribution is 2.42. The third kappa shape index (κ3) is 8.52. The molecule has 2 aromatic rings. The minimum absolute atomic E-state index is 0. The van der Waals surface area contributed by atoms with Gasteiger partial charge >= 0.3 is 6.18 Å². The summed E-state index contributed by atoms with van der Waals surface area (Å²) in [5.41, 5.74) is 9.55. The van der Waals surface area contributed by atoms with E-state index in [0.717, 1.165) is 35.9 Å². The number of alkyl halides is 3. The third-order valence-corrected chi connectivity index (χ3v) is 4.97. The largest absolute Gasteiger partial charge is 0.468 e. The summed E-state index contributed by atoms with van der Waals surface area (Å²) in [7, 11) is 2.61. The number of allylic oxidation sites excluding steroid dienone is 2. The summed E-state index contributed by atoms with van der Waals surface area (Å²) in [5.74, 6) is -0.268. The molecule has 4 N–H and O–H groups in total. The number of nitrogens with zero attached hydrogens (tertiary/aromatic N) is 2. The van der Waals surface area contributed by atoms with E-state index in [0.29, 0.717) is 18.8 Å². The number of aliphatic hydroxyl groups is 1. The molecule has 1 aliphatic rings. The molecule has 0 saturated carbocycles. The number of anilines is 1. The zero-order valence-electron chi connectivity index (χ0n) is 20.1. The maximum Gasteiger partial charge on any atom is 0.422 e. The molecule has 0 saturated heterocycles. The van der Waals surface area contributed by atoms with Crippen LogP contribution in [0, 0.1) is 13.3 Å². The number of nitrogen functional groups attached to an aromatic ring is 1. The van der Waals surface area contributed by atoms with Gasteiger partial charge in [-0.2, -0.15) is 13.2 Å². The van der Waals surface area contributed by atoms with Crippen LogP contribution in [0.5, 0.6) is 5.88 Å². The van der Waals surface area contributed by atoms with Crippen LogP contribution in [0.2, 0.25) is 0 Å². The summed E-state index contributed by atoms with van der Waals surface area (Å²) in [6.07, 6.45) is -1.14. The number of nitrogens with one attached hydrogen (secondary N) is 1. The molecular formula is C24H34F3N4O4. The lowest BCUT2D eigenvalue weighted by Gasteiger charge is -2.17. The third-order valence-electron chi connectivity index (χ3n) is 4.97. The smallest absolute Gasteiger partial charge is 0.422 e. The first-order valence-corrected chi connectivity index (χ1v) is 10.8. The molecule has 8 nitrogen and oxygen atoms in total. The standard InChI is InChI=1S/C23H26F3N4O3.CH4O.2H2/c1-13-9-16(11-19(27)28-13)14(2)29-22(31)17-6-7-20(33-12-23(24,25)26)30-21(17)18-10-15(18)5-4-8-32-3;1-2;;/h6-7,9-11,14H,4-5,8,12H2,1-3H3,(H2,27,28)(H,29,31);2H,1H3;2*1H. The van der Waals surface area contributed by atoms with Crippen LogP contribution in [0.4, 0.5) is 19.0 Å². The quantitative estimate of drug-likeness (QED) is 0.417. The van der Waals surface area contributed by atoms with Crippen molar-refractivity contribution >= 4 is 17.3 Å². The maximum absolute atomic E-state index is 13.1. The second kappa shape index (κ2) is 12.5. The predicted molar refractivity (Wildman–Crippen MR) is 130 cm³/mol. The van der Waals surface area contributed by atoms with Crippen molar-refractivity contribution in [3.63, 3.8) is 0 Å². The van der Waals surface area contributed by atoms with Crippen molar-refractivity contribution < 1.29 is 35.4 Å². The molecule has 0 aromatic carbocycles. The molecular weight excluding hydrogens is 465 g/mol. The lowest BCUT2D eigenvalue weighted by atomic mass is 10.1. The molecule has 35 heavy (non-hydrogen) atoms. The van der Waals surface area contributed by atoms with Gasteiger partial charge in [-0.05, 0) is 56.0 Å². The first-order chi connectivity index (χ1) is 16.6. The van der Waals surface area contributed by atoms with E-state index < -0.39 is 18.7 Å². The molecule has 0 spiro atoms. The topological polar surface area (TPSA) is 120 Å². The van der Waals surface area contributed by atoms with E-state index in [1.54, 1.807) is 27.0 Å². The van der Waals surface area contributed by atoms with Crippen LogP contribution in [-0.2, 0) is 4.74 Å². The number of amides is 1. The van der Waals surface area contributed by atoms with E-state index in [1.165, 1.54) is 12.1 Å². The van der Waals surface area contributed by atoms with Crippen molar-refractivity contribution in [2.45, 2.75) is 38.9 Å². The van der Waals surface area contributed by atoms with E-state index in [1.807, 2.05) is 12.5 Å². The van der Waals surface area contributed by atoms with Gasteiger partial charge in [0.05, 0.1) is 17.3 Å². The van der Waals surface area contributed by atoms with Crippen LogP contribution in [0.1, 0.15) is 56.0 Å². The highest BCUT2D eigenvalue weighted by atomic mass is 19.4. The highest BCUT2D eigenvalue weighted by Gasteiger charge is 2.31. The fourth-order valence-electron chi connectivity index (χ4n) is 3.37. The lowest BCUT2D eigenvalue weighted by molar-refractivity contribution is -0.154. The summed E-state index contributed by atoms with van der Waals surface area (Å²) in [6, 6.07) is 5.80. The molecule has 2 aromatic heterocycles. The Morgan fingerprint density at radius 1 is 1.26 bits per heavy atom. The van der Waals surface area contributed by atoms with E-state index in [9.17, 15) is 18.0 Å². The summed E-state index contributed by atoms with van der Waals surface area (Å²) in [5, 5.41) is 9.89. The van der Waals surface area contributed by atoms with Crippen LogP contribution in [0.25, 0.3) is 5.57 Å². The van der Waals surface area contributed by atoms with Gasteiger partial charge in [0.15, 0.2) is 6.61 Å². The van der Waals surface area contributed by atoms with Gasteiger partial charge in [0.1, 0.15) is 5.82 Å². The summed E-state index contributed by atoms with van der Waals surface area (Å²) >= 11 is 0. The van der Waals surface area contributed by atoms with Gasteiger partial charge in [0.25, 0.3) is 5.91 Å². The number of pyridine rings is 2. The normalized spacial score (nSPS) is 13.6. The SMILES string of the molecule is CO.COCCCC1=C(c2nc(OCC(F)(F)F)ccc2C(=O)NC(C)c2cc(C)nc(N)c2)[CH]1.[HH].[HH]. The van der Waals surface area contributed by atoms with Crippen LogP contribution >= 0.6 is 0 Å². The first kappa shape index (κ1) is 28.1. The van der Waals surface area contributed by atoms with Gasteiger partial charge in [-0.15, -0.1) is 0 Å². The Hall–Kier alpha value is -3.18. The van der Waals surface area contributed by atoms with Gasteiger partial charge in [0, 0.05) is 41.9 Å². The number of carbonyl (C=O) groups is 1. The Morgan fingerprint density at radius 2 is 1.97 bits per heavy atom. The molecule has 1 radical (unpaired) electrons. The molecule has 1 unspecified atom stereocenters. The molecule has 195 valence electrons. The summed E-state index contributed by atoms with van der Waals surface area (Å²) in [6.45, 7) is 2.72. The molecule has 0 bridgehead atoms. The van der Waals surface area contributed by atoms with Crippen LogP contribution in [0.3, 0.4) is 0 Å². The number of aryl methyl sites for hydroxylation is 1. The van der Waals surface area contributed by atoms with E-state index in [4.69, 9.17) is 20.3 Å². The summed E-state index contributed by atoms with van der Waals surface area (Å²) < 4.78 is 47.5. The number of hydrogen-bond donors (Lipinski definition) is 3. The molecule has 1 amide bonds. The second-order valence-electron chi connectivity index (χ2n) is 7.79. The van der Waals surface area contributed by atoms with Gasteiger partial charge in [-0.3, -0.25) is 4.79 Å². The Bertz CT molecular complexity index is 1050. The number of hydrogen-bond acceptors (Lipinski definition) is 7. The van der Waals surface area contributed by atoms with Gasteiger partial charge < -0.3 is 25.6 Å². The van der Waals surface area contributed by atoms with Gasteiger partial charge in [-0.1, -0.05) is 5.57 Å². The number of ether oxygens (including phenoxy) is 2. The number of methoxy groups -OCH3 is 1. The maximum atomic E-state index is 13.1. The van der Waals surface area contributed by atoms with Crippen LogP contribution in [-0.4, -0.2) is 54.6 Å². The average Bonchev–Trinajstić information content (AvgIpc) is 3.57. The second-order valence-corrected chi connectivity index (χ2v) is 7.79. The minimum atomic E-state index is -4.49. The number of nitrogens with two attached hydrogens (primary N) is 1. The predicted octanol–water partition coefficient (Wildman–Crippen LogP) is 4.30. The molecule has 1 atom stereocenters. The Balaban J connectivity index is 0.00000316. The van der Waals surface area contributed by atoms with Gasteiger partial charge in [-0.25, -0.2) is 9.97 Å². The Labute approximate surface area is 205 Å². The van der Waals surface area contributed by atoms with Crippen LogP contribution in [0.15, 0.2) is 29.8 Å². The zero-order chi connectivity index (χ0) is 26.2. The zero-order valence-corrected chi connectivity index (χ0v) is 20.1. The molecule has 2 heterocycles. The van der Waals surface area contributed by atoms with Crippen molar-refractivity contribution in [2.75, 3.05) is 33.2 Å². The first-order valence-electron chi connectivity index (χ1n) is 10.8. The highest BCUT2D eigenvalue weighted by molar-refractivity contribution is 6.03. The number of aliphatic hydroxyl groups excluding tert-OH is 1. The van der Waals surface area contributed by atoms with E-state index in [-0.39, 0.29) is 26.0 Å². The fourth-order valence-corrected chi connectivity index (χ4v) is 3.37. The number of rotatable bonds is 10. The number of carbonyl (C=O) groups excluding carboxylic acids is 1. The summed E-state index contributed by atoms with van der Waals surface area (Å²) in [4.78, 5) is 21.4. The Morgan fingerprint density at radius 3 is 2.60 bits per heavy atom. The van der Waals surface area contributed by atoms with Crippen molar-refractivity contribution in [3.05, 3.63) is 58.8 Å². The van der Waals surface area contributed by atoms with Crippen molar-refractivity contribution in [1.82, 2.24) is 15.3 Å².